The topological polar surface area (TPSA) is 46.2 Å². The Bertz CT molecular complexity index is 502. The molecule has 0 spiro atoms. The second-order valence-corrected chi connectivity index (χ2v) is 5.34. The predicted molar refractivity (Wildman–Crippen MR) is 78.1 cm³/mol. The summed E-state index contributed by atoms with van der Waals surface area (Å²) in [7, 11) is 0. The minimum atomic E-state index is -0.948. The number of alkyl halides is 1. The summed E-state index contributed by atoms with van der Waals surface area (Å²) in [6, 6.07) is 5.04. The molecule has 1 rings (SSSR count). The van der Waals surface area contributed by atoms with E-state index in [9.17, 15) is 9.59 Å². The Labute approximate surface area is 123 Å². The first-order valence-corrected chi connectivity index (χ1v) is 6.93. The normalized spacial score (nSPS) is 13.7. The van der Waals surface area contributed by atoms with Crippen molar-refractivity contribution >= 4 is 34.9 Å². The van der Waals surface area contributed by atoms with Crippen molar-refractivity contribution in [2.24, 2.45) is 0 Å². The summed E-state index contributed by atoms with van der Waals surface area (Å²) in [5.74, 6) is -0.660. The molecule has 0 aromatic heterocycles. The van der Waals surface area contributed by atoms with E-state index in [2.05, 4.69) is 5.32 Å². The third-order valence-corrected chi connectivity index (χ3v) is 3.92. The summed E-state index contributed by atoms with van der Waals surface area (Å²) < 4.78 is 0. The average Bonchev–Trinajstić information content (AvgIpc) is 2.40. The molecule has 1 N–H and O–H groups in total. The Balaban J connectivity index is 2.94. The standard InChI is InChI=1S/C14H17Cl2NO2/c1-4-14(3,12(18)8-15)17-13(19)10-6-5-9(2)11(16)7-10/h5-7H,4,8H2,1-3H3,(H,17,19). The number of halogens is 2. The van der Waals surface area contributed by atoms with E-state index in [1.807, 2.05) is 13.8 Å². The van der Waals surface area contributed by atoms with Crippen LogP contribution in [0.2, 0.25) is 5.02 Å². The maximum absolute atomic E-state index is 12.1. The Kier molecular flexibility index (Phi) is 5.39. The highest BCUT2D eigenvalue weighted by Crippen LogP contribution is 2.18. The van der Waals surface area contributed by atoms with Crippen LogP contribution in [0.1, 0.15) is 36.2 Å². The zero-order chi connectivity index (χ0) is 14.6. The highest BCUT2D eigenvalue weighted by molar-refractivity contribution is 6.31. The number of Topliss-reactive ketones (excluding diaryl/α,β-unsaturated/α-hetero) is 1. The monoisotopic (exact) mass is 301 g/mol. The number of ketones is 1. The second-order valence-electron chi connectivity index (χ2n) is 4.66. The summed E-state index contributed by atoms with van der Waals surface area (Å²) in [4.78, 5) is 23.9. The van der Waals surface area contributed by atoms with Crippen LogP contribution in [0.3, 0.4) is 0 Å². The van der Waals surface area contributed by atoms with Gasteiger partial charge in [-0.1, -0.05) is 24.6 Å². The van der Waals surface area contributed by atoms with E-state index < -0.39 is 5.54 Å². The molecule has 1 aromatic rings. The van der Waals surface area contributed by atoms with Crippen LogP contribution in [0, 0.1) is 6.92 Å². The lowest BCUT2D eigenvalue weighted by Crippen LogP contribution is -2.52. The largest absolute Gasteiger partial charge is 0.340 e. The molecule has 1 unspecified atom stereocenters. The second kappa shape index (κ2) is 6.40. The SMILES string of the molecule is CCC(C)(NC(=O)c1ccc(C)c(Cl)c1)C(=O)CCl. The van der Waals surface area contributed by atoms with Gasteiger partial charge in [0, 0.05) is 10.6 Å². The van der Waals surface area contributed by atoms with Crippen LogP contribution in [-0.4, -0.2) is 23.1 Å². The average molecular weight is 302 g/mol. The van der Waals surface area contributed by atoms with Gasteiger partial charge in [0.25, 0.3) is 5.91 Å². The first-order chi connectivity index (χ1) is 8.84. The third-order valence-electron chi connectivity index (χ3n) is 3.27. The van der Waals surface area contributed by atoms with Crippen LogP contribution >= 0.6 is 23.2 Å². The van der Waals surface area contributed by atoms with Crippen molar-refractivity contribution in [1.29, 1.82) is 0 Å². The number of amides is 1. The van der Waals surface area contributed by atoms with Crippen molar-refractivity contribution in [2.45, 2.75) is 32.7 Å². The lowest BCUT2D eigenvalue weighted by Gasteiger charge is -2.27. The van der Waals surface area contributed by atoms with Crippen molar-refractivity contribution in [3.8, 4) is 0 Å². The van der Waals surface area contributed by atoms with Gasteiger partial charge < -0.3 is 5.32 Å². The van der Waals surface area contributed by atoms with Crippen molar-refractivity contribution in [3.63, 3.8) is 0 Å². The molecule has 5 heteroatoms. The van der Waals surface area contributed by atoms with E-state index >= 15 is 0 Å². The van der Waals surface area contributed by atoms with Gasteiger partial charge in [-0.15, -0.1) is 11.6 Å². The number of rotatable bonds is 5. The fraction of sp³-hybridized carbons (Fsp3) is 0.429. The van der Waals surface area contributed by atoms with E-state index in [1.165, 1.54) is 0 Å². The summed E-state index contributed by atoms with van der Waals surface area (Å²) >= 11 is 11.6. The van der Waals surface area contributed by atoms with Crippen LogP contribution in [0.4, 0.5) is 0 Å². The summed E-state index contributed by atoms with van der Waals surface area (Å²) in [5, 5.41) is 3.25. The number of hydrogen-bond donors (Lipinski definition) is 1. The molecule has 1 aromatic carbocycles. The van der Waals surface area contributed by atoms with E-state index in [0.717, 1.165) is 5.56 Å². The molecule has 19 heavy (non-hydrogen) atoms. The Morgan fingerprint density at radius 2 is 2.00 bits per heavy atom. The first-order valence-electron chi connectivity index (χ1n) is 6.02. The first kappa shape index (κ1) is 16.0. The van der Waals surface area contributed by atoms with Gasteiger partial charge in [-0.2, -0.15) is 0 Å². The number of carbonyl (C=O) groups excluding carboxylic acids is 2. The van der Waals surface area contributed by atoms with Gasteiger partial charge in [-0.3, -0.25) is 9.59 Å². The summed E-state index contributed by atoms with van der Waals surface area (Å²) in [6.45, 7) is 5.36. The molecule has 0 aliphatic carbocycles. The number of hydrogen-bond acceptors (Lipinski definition) is 2. The lowest BCUT2D eigenvalue weighted by atomic mass is 9.93. The molecule has 0 fully saturated rings. The maximum Gasteiger partial charge on any atom is 0.252 e. The van der Waals surface area contributed by atoms with Crippen molar-refractivity contribution in [3.05, 3.63) is 34.3 Å². The number of nitrogens with one attached hydrogen (secondary N) is 1. The summed E-state index contributed by atoms with van der Waals surface area (Å²) in [5.41, 5.74) is 0.377. The van der Waals surface area contributed by atoms with Crippen molar-refractivity contribution in [1.82, 2.24) is 5.32 Å². The number of carbonyl (C=O) groups is 2. The molecule has 0 radical (unpaired) electrons. The van der Waals surface area contributed by atoms with Gasteiger partial charge in [0.05, 0.1) is 11.4 Å². The molecule has 0 saturated heterocycles. The molecule has 0 heterocycles. The van der Waals surface area contributed by atoms with Gasteiger partial charge in [0.1, 0.15) is 0 Å². The molecule has 0 aliphatic rings. The van der Waals surface area contributed by atoms with E-state index in [-0.39, 0.29) is 17.6 Å². The lowest BCUT2D eigenvalue weighted by molar-refractivity contribution is -0.122. The Morgan fingerprint density at radius 3 is 2.47 bits per heavy atom. The fourth-order valence-corrected chi connectivity index (χ4v) is 2.04. The van der Waals surface area contributed by atoms with Crippen LogP contribution in [-0.2, 0) is 4.79 Å². The molecule has 1 amide bonds. The van der Waals surface area contributed by atoms with Crippen LogP contribution in [0.15, 0.2) is 18.2 Å². The number of aryl methyl sites for hydroxylation is 1. The zero-order valence-corrected chi connectivity index (χ0v) is 12.7. The van der Waals surface area contributed by atoms with Crippen LogP contribution in [0.5, 0.6) is 0 Å². The van der Waals surface area contributed by atoms with Gasteiger partial charge in [-0.05, 0) is 38.0 Å². The smallest absolute Gasteiger partial charge is 0.252 e. The summed E-state index contributed by atoms with van der Waals surface area (Å²) in [6.07, 6.45) is 0.476. The van der Waals surface area contributed by atoms with Gasteiger partial charge in [0.15, 0.2) is 5.78 Å². The maximum atomic E-state index is 12.1. The van der Waals surface area contributed by atoms with Gasteiger partial charge in [0.2, 0.25) is 0 Å². The minimum Gasteiger partial charge on any atom is -0.340 e. The van der Waals surface area contributed by atoms with Crippen LogP contribution < -0.4 is 5.32 Å². The number of benzene rings is 1. The van der Waals surface area contributed by atoms with Gasteiger partial charge in [-0.25, -0.2) is 0 Å². The molecule has 104 valence electrons. The molecule has 1 atom stereocenters. The van der Waals surface area contributed by atoms with Crippen molar-refractivity contribution in [2.75, 3.05) is 5.88 Å². The molecule has 0 aliphatic heterocycles. The predicted octanol–water partition coefficient (Wildman–Crippen LogP) is 3.35. The fourth-order valence-electron chi connectivity index (χ4n) is 1.56. The van der Waals surface area contributed by atoms with E-state index in [0.29, 0.717) is 17.0 Å². The third kappa shape index (κ3) is 3.71. The van der Waals surface area contributed by atoms with E-state index in [4.69, 9.17) is 23.2 Å². The Morgan fingerprint density at radius 1 is 1.37 bits per heavy atom. The van der Waals surface area contributed by atoms with Crippen molar-refractivity contribution < 1.29 is 9.59 Å². The van der Waals surface area contributed by atoms with E-state index in [1.54, 1.807) is 25.1 Å². The minimum absolute atomic E-state index is 0.126. The highest BCUT2D eigenvalue weighted by atomic mass is 35.5. The molecule has 3 nitrogen and oxygen atoms in total. The zero-order valence-electron chi connectivity index (χ0n) is 11.2. The Hall–Kier alpha value is -1.06. The van der Waals surface area contributed by atoms with Crippen LogP contribution in [0.25, 0.3) is 0 Å². The molecule has 0 bridgehead atoms. The highest BCUT2D eigenvalue weighted by Gasteiger charge is 2.32. The van der Waals surface area contributed by atoms with Gasteiger partial charge >= 0.3 is 0 Å². The molecular weight excluding hydrogens is 285 g/mol. The quantitative estimate of drug-likeness (QED) is 0.848. The molecular formula is C14H17Cl2NO2. The molecule has 0 saturated carbocycles.